The van der Waals surface area contributed by atoms with E-state index in [1.165, 1.54) is 11.2 Å². The third-order valence-electron chi connectivity index (χ3n) is 4.88. The van der Waals surface area contributed by atoms with Gasteiger partial charge in [0.05, 0.1) is 5.69 Å². The van der Waals surface area contributed by atoms with Crippen molar-refractivity contribution in [3.05, 3.63) is 95.5 Å². The smallest absolute Gasteiger partial charge is 0.356 e. The summed E-state index contributed by atoms with van der Waals surface area (Å²) in [6, 6.07) is 10.0. The van der Waals surface area contributed by atoms with Crippen LogP contribution in [0.2, 0.25) is 0 Å². The maximum absolute atomic E-state index is 11.0. The zero-order chi connectivity index (χ0) is 22.6. The molecule has 0 radical (unpaired) electrons. The Balaban J connectivity index is 1.39. The fourth-order valence-electron chi connectivity index (χ4n) is 3.29. The van der Waals surface area contributed by atoms with Gasteiger partial charge in [-0.15, -0.1) is 0 Å². The average Bonchev–Trinajstić information content (AvgIpc) is 3.23. The van der Waals surface area contributed by atoms with Crippen molar-refractivity contribution >= 4 is 13.4 Å². The molecule has 32 heavy (non-hydrogen) atoms. The van der Waals surface area contributed by atoms with Crippen molar-refractivity contribution in [2.24, 2.45) is 5.73 Å². The molecular formula is C21H22N5O5P. The standard InChI is InChI=1S/C21H22N5O5P/c22-21-19(2-1-7-26(21)14-30-32(27,28)29)20-10-18(25-31-20)9-16-5-3-15(4-6-16)8-17-11-23-13-24-12-17/h1-7,10-13,21H,8-9,14,22H2,(H2,27,28,29). The molecule has 1 unspecified atom stereocenters. The van der Waals surface area contributed by atoms with Gasteiger partial charge in [0.15, 0.2) is 5.76 Å². The number of rotatable bonds is 8. The molecule has 1 aliphatic rings. The lowest BCUT2D eigenvalue weighted by molar-refractivity contribution is 0.110. The van der Waals surface area contributed by atoms with Gasteiger partial charge in [-0.2, -0.15) is 0 Å². The Hall–Kier alpha value is -3.14. The fourth-order valence-corrected chi connectivity index (χ4v) is 3.58. The highest BCUT2D eigenvalue weighted by Gasteiger charge is 2.25. The lowest BCUT2D eigenvalue weighted by atomic mass is 10.0. The van der Waals surface area contributed by atoms with Crippen LogP contribution >= 0.6 is 7.82 Å². The molecule has 0 saturated carbocycles. The molecule has 3 aromatic rings. The molecule has 1 aliphatic heterocycles. The van der Waals surface area contributed by atoms with Gasteiger partial charge in [-0.25, -0.2) is 14.5 Å². The quantitative estimate of drug-likeness (QED) is 0.432. The highest BCUT2D eigenvalue weighted by Crippen LogP contribution is 2.36. The van der Waals surface area contributed by atoms with Crippen LogP contribution in [0.5, 0.6) is 0 Å². The van der Waals surface area contributed by atoms with Gasteiger partial charge in [0.1, 0.15) is 19.2 Å². The monoisotopic (exact) mass is 455 g/mol. The van der Waals surface area contributed by atoms with Gasteiger partial charge >= 0.3 is 7.82 Å². The molecule has 10 nitrogen and oxygen atoms in total. The molecule has 3 heterocycles. The van der Waals surface area contributed by atoms with Crippen LogP contribution in [0.25, 0.3) is 5.57 Å². The van der Waals surface area contributed by atoms with Gasteiger partial charge < -0.3 is 24.9 Å². The minimum atomic E-state index is -4.60. The molecule has 166 valence electrons. The van der Waals surface area contributed by atoms with E-state index in [-0.39, 0.29) is 6.73 Å². The minimum Gasteiger partial charge on any atom is -0.356 e. The van der Waals surface area contributed by atoms with E-state index in [9.17, 15) is 4.57 Å². The number of nitrogens with zero attached hydrogens (tertiary/aromatic N) is 4. The molecule has 0 saturated heterocycles. The number of nitrogens with two attached hydrogens (primary N) is 1. The van der Waals surface area contributed by atoms with Crippen molar-refractivity contribution < 1.29 is 23.4 Å². The van der Waals surface area contributed by atoms with E-state index in [1.54, 1.807) is 30.7 Å². The largest absolute Gasteiger partial charge is 0.471 e. The summed E-state index contributed by atoms with van der Waals surface area (Å²) in [7, 11) is -4.60. The van der Waals surface area contributed by atoms with Crippen LogP contribution in [0.4, 0.5) is 0 Å². The first kappa shape index (κ1) is 22.1. The lowest BCUT2D eigenvalue weighted by Crippen LogP contribution is -2.41. The summed E-state index contributed by atoms with van der Waals surface area (Å²) in [6.45, 7) is -0.359. The lowest BCUT2D eigenvalue weighted by Gasteiger charge is -2.30. The van der Waals surface area contributed by atoms with Crippen molar-refractivity contribution in [3.63, 3.8) is 0 Å². The van der Waals surface area contributed by atoms with E-state index in [1.807, 2.05) is 18.2 Å². The Morgan fingerprint density at radius 2 is 1.78 bits per heavy atom. The first-order valence-corrected chi connectivity index (χ1v) is 11.3. The second kappa shape index (κ2) is 9.56. The van der Waals surface area contributed by atoms with E-state index in [0.717, 1.165) is 28.8 Å². The number of benzene rings is 1. The third-order valence-corrected chi connectivity index (χ3v) is 5.33. The van der Waals surface area contributed by atoms with E-state index in [0.29, 0.717) is 17.8 Å². The molecule has 0 amide bonds. The molecule has 1 aromatic carbocycles. The molecule has 0 spiro atoms. The van der Waals surface area contributed by atoms with Crippen LogP contribution in [0.3, 0.4) is 0 Å². The average molecular weight is 455 g/mol. The van der Waals surface area contributed by atoms with Gasteiger partial charge in [0, 0.05) is 43.1 Å². The van der Waals surface area contributed by atoms with Gasteiger partial charge in [-0.1, -0.05) is 35.5 Å². The van der Waals surface area contributed by atoms with E-state index in [4.69, 9.17) is 20.0 Å². The van der Waals surface area contributed by atoms with Crippen LogP contribution in [0.1, 0.15) is 28.1 Å². The summed E-state index contributed by atoms with van der Waals surface area (Å²) in [5, 5.41) is 4.14. The SMILES string of the molecule is NC1C(c2cc(Cc3ccc(Cc4cncnc4)cc3)no2)=CC=CN1COP(=O)(O)O. The predicted molar refractivity (Wildman–Crippen MR) is 116 cm³/mol. The summed E-state index contributed by atoms with van der Waals surface area (Å²) < 4.78 is 21.0. The predicted octanol–water partition coefficient (Wildman–Crippen LogP) is 2.21. The van der Waals surface area contributed by atoms with Gasteiger partial charge in [-0.3, -0.25) is 4.52 Å². The van der Waals surface area contributed by atoms with Crippen molar-refractivity contribution in [1.29, 1.82) is 0 Å². The number of phosphoric acid groups is 1. The molecule has 4 rings (SSSR count). The first-order chi connectivity index (χ1) is 15.4. The Morgan fingerprint density at radius 1 is 1.09 bits per heavy atom. The number of phosphoric ester groups is 1. The van der Waals surface area contributed by atoms with Crippen molar-refractivity contribution in [1.82, 2.24) is 20.0 Å². The summed E-state index contributed by atoms with van der Waals surface area (Å²) in [5.41, 5.74) is 10.9. The Kier molecular flexibility index (Phi) is 6.59. The van der Waals surface area contributed by atoms with Crippen LogP contribution < -0.4 is 5.73 Å². The molecule has 0 aliphatic carbocycles. The molecule has 0 fully saturated rings. The number of hydrogen-bond donors (Lipinski definition) is 3. The normalized spacial score (nSPS) is 16.3. The van der Waals surface area contributed by atoms with Crippen molar-refractivity contribution in [3.8, 4) is 0 Å². The molecule has 2 aromatic heterocycles. The first-order valence-electron chi connectivity index (χ1n) is 9.75. The molecule has 4 N–H and O–H groups in total. The maximum atomic E-state index is 11.0. The minimum absolute atomic E-state index is 0.359. The molecule has 11 heteroatoms. The van der Waals surface area contributed by atoms with Gasteiger partial charge in [-0.05, 0) is 22.8 Å². The third kappa shape index (κ3) is 5.76. The Morgan fingerprint density at radius 3 is 2.47 bits per heavy atom. The van der Waals surface area contributed by atoms with Crippen LogP contribution in [-0.4, -0.2) is 42.7 Å². The van der Waals surface area contributed by atoms with Gasteiger partial charge in [0.2, 0.25) is 0 Å². The molecular weight excluding hydrogens is 433 g/mol. The maximum Gasteiger partial charge on any atom is 0.471 e. The van der Waals surface area contributed by atoms with Gasteiger partial charge in [0.25, 0.3) is 0 Å². The van der Waals surface area contributed by atoms with Crippen LogP contribution in [-0.2, 0) is 21.9 Å². The van der Waals surface area contributed by atoms with E-state index < -0.39 is 14.0 Å². The summed E-state index contributed by atoms with van der Waals surface area (Å²) in [5.74, 6) is 0.485. The summed E-state index contributed by atoms with van der Waals surface area (Å²) in [4.78, 5) is 27.3. The fraction of sp³-hybridized carbons (Fsp3) is 0.190. The molecule has 1 atom stereocenters. The van der Waals surface area contributed by atoms with E-state index in [2.05, 4.69) is 31.8 Å². The zero-order valence-corrected chi connectivity index (χ0v) is 17.9. The van der Waals surface area contributed by atoms with E-state index >= 15 is 0 Å². The summed E-state index contributed by atoms with van der Waals surface area (Å²) >= 11 is 0. The highest BCUT2D eigenvalue weighted by atomic mass is 31.2. The van der Waals surface area contributed by atoms with Crippen molar-refractivity contribution in [2.75, 3.05) is 6.73 Å². The highest BCUT2D eigenvalue weighted by molar-refractivity contribution is 7.46. The Labute approximate surface area is 184 Å². The van der Waals surface area contributed by atoms with Crippen LogP contribution in [0, 0.1) is 0 Å². The number of aromatic nitrogens is 3. The zero-order valence-electron chi connectivity index (χ0n) is 17.0. The van der Waals surface area contributed by atoms with Crippen LogP contribution in [0.15, 0.2) is 71.9 Å². The topological polar surface area (TPSA) is 148 Å². The number of allylic oxidation sites excluding steroid dienone is 2. The second-order valence-corrected chi connectivity index (χ2v) is 8.51. The number of hydrogen-bond acceptors (Lipinski definition) is 8. The molecule has 0 bridgehead atoms. The van der Waals surface area contributed by atoms with Crippen molar-refractivity contribution in [2.45, 2.75) is 19.0 Å². The Bertz CT molecular complexity index is 1160. The second-order valence-electron chi connectivity index (χ2n) is 7.27. The summed E-state index contributed by atoms with van der Waals surface area (Å²) in [6.07, 6.45) is 10.8.